The molecule has 5 rings (SSSR count). The van der Waals surface area contributed by atoms with E-state index in [0.717, 1.165) is 47.2 Å². The molecule has 5 nitrogen and oxygen atoms in total. The topological polar surface area (TPSA) is 44.1 Å². The van der Waals surface area contributed by atoms with Crippen molar-refractivity contribution in [1.29, 1.82) is 0 Å². The Labute approximate surface area is 223 Å². The molecule has 9 heteroatoms. The first-order valence-corrected chi connectivity index (χ1v) is 14.0. The van der Waals surface area contributed by atoms with Crippen LogP contribution < -0.4 is 4.90 Å². The average molecular weight is 536 g/mol. The standard InChI is InChI=1S/C29H28F3N5S/c1-20(36-12-14-38(2)15-13-36)37(25-9-7-21(8-10-25)23-4-3-11-33-18-23)19-24-6-5-22(16-26(24)30)27-17-28(29(31)32)35-34-27/h3-11,16,18,29H,1-2,12-15,17,19H2. The molecule has 1 fully saturated rings. The van der Waals surface area contributed by atoms with Crippen LogP contribution in [-0.4, -0.2) is 58.2 Å². The second-order valence-corrected chi connectivity index (χ2v) is 11.3. The Hall–Kier alpha value is -3.72. The van der Waals surface area contributed by atoms with Gasteiger partial charge in [-0.2, -0.15) is 20.7 Å². The molecule has 3 heterocycles. The molecular weight excluding hydrogens is 507 g/mol. The predicted molar refractivity (Wildman–Crippen MR) is 152 cm³/mol. The number of benzene rings is 2. The molecule has 38 heavy (non-hydrogen) atoms. The van der Waals surface area contributed by atoms with E-state index in [2.05, 4.69) is 32.5 Å². The lowest BCUT2D eigenvalue weighted by atomic mass is 10.0. The van der Waals surface area contributed by atoms with E-state index >= 15 is 4.39 Å². The van der Waals surface area contributed by atoms with Crippen molar-refractivity contribution in [2.24, 2.45) is 10.2 Å². The number of pyridine rings is 1. The maximum absolute atomic E-state index is 15.4. The van der Waals surface area contributed by atoms with Crippen molar-refractivity contribution in [1.82, 2.24) is 9.88 Å². The van der Waals surface area contributed by atoms with Gasteiger partial charge in [-0.15, -0.1) is 0 Å². The number of nitrogens with zero attached hydrogens (tertiary/aromatic N) is 5. The average Bonchev–Trinajstić information content (AvgIpc) is 3.44. The van der Waals surface area contributed by atoms with Crippen LogP contribution in [0.3, 0.4) is 0 Å². The van der Waals surface area contributed by atoms with Crippen LogP contribution in [0.25, 0.3) is 11.1 Å². The van der Waals surface area contributed by atoms with E-state index < -0.39 is 12.2 Å². The molecule has 0 spiro atoms. The molecule has 2 aliphatic rings. The second-order valence-electron chi connectivity index (χ2n) is 9.22. The summed E-state index contributed by atoms with van der Waals surface area (Å²) < 4.78 is 41.2. The number of hydrogen-bond donors (Lipinski definition) is 0. The molecule has 0 atom stereocenters. The van der Waals surface area contributed by atoms with E-state index in [0.29, 0.717) is 16.8 Å². The summed E-state index contributed by atoms with van der Waals surface area (Å²) in [5.74, 6) is 6.58. The number of halogens is 3. The Bertz CT molecular complexity index is 1390. The van der Waals surface area contributed by atoms with E-state index in [1.165, 1.54) is 6.07 Å². The van der Waals surface area contributed by atoms with Crippen LogP contribution >= 0.6 is 10.5 Å². The summed E-state index contributed by atoms with van der Waals surface area (Å²) in [5.41, 5.74) is 3.90. The third-order valence-electron chi connectivity index (χ3n) is 6.76. The summed E-state index contributed by atoms with van der Waals surface area (Å²) in [7, 11) is 0.154. The molecule has 3 aromatic rings. The molecule has 1 aromatic heterocycles. The van der Waals surface area contributed by atoms with Crippen LogP contribution in [0.15, 0.2) is 89.6 Å². The minimum absolute atomic E-state index is 0.0778. The van der Waals surface area contributed by atoms with E-state index in [9.17, 15) is 8.78 Å². The van der Waals surface area contributed by atoms with Gasteiger partial charge in [0.25, 0.3) is 6.43 Å². The molecule has 0 aliphatic carbocycles. The van der Waals surface area contributed by atoms with Crippen molar-refractivity contribution in [2.45, 2.75) is 19.4 Å². The largest absolute Gasteiger partial charge is 0.357 e. The third-order valence-corrected chi connectivity index (χ3v) is 8.28. The van der Waals surface area contributed by atoms with Gasteiger partial charge in [0.1, 0.15) is 17.3 Å². The van der Waals surface area contributed by atoms with Crippen molar-refractivity contribution in [3.05, 3.63) is 96.3 Å². The predicted octanol–water partition coefficient (Wildman–Crippen LogP) is 6.20. The normalized spacial score (nSPS) is 15.9. The first-order valence-electron chi connectivity index (χ1n) is 12.3. The fourth-order valence-electron chi connectivity index (χ4n) is 4.49. The highest BCUT2D eigenvalue weighted by molar-refractivity contribution is 8.14. The van der Waals surface area contributed by atoms with Gasteiger partial charge in [-0.3, -0.25) is 4.98 Å². The monoisotopic (exact) mass is 535 g/mol. The molecule has 0 amide bonds. The lowest BCUT2D eigenvalue weighted by Crippen LogP contribution is -2.40. The van der Waals surface area contributed by atoms with Gasteiger partial charge in [0.15, 0.2) is 0 Å². The molecule has 0 saturated carbocycles. The molecule has 1 saturated heterocycles. The molecule has 196 valence electrons. The van der Waals surface area contributed by atoms with Crippen molar-refractivity contribution in [3.8, 4) is 11.1 Å². The van der Waals surface area contributed by atoms with Crippen LogP contribution in [0.2, 0.25) is 0 Å². The summed E-state index contributed by atoms with van der Waals surface area (Å²) >= 11 is 0. The quantitative estimate of drug-likeness (QED) is 0.323. The zero-order valence-electron chi connectivity index (χ0n) is 20.9. The van der Waals surface area contributed by atoms with Gasteiger partial charge in [-0.05, 0) is 35.4 Å². The van der Waals surface area contributed by atoms with E-state index in [-0.39, 0.29) is 29.2 Å². The van der Waals surface area contributed by atoms with Gasteiger partial charge < -0.3 is 9.80 Å². The van der Waals surface area contributed by atoms with E-state index in [1.54, 1.807) is 18.3 Å². The highest BCUT2D eigenvalue weighted by atomic mass is 32.2. The zero-order chi connectivity index (χ0) is 26.6. The van der Waals surface area contributed by atoms with Gasteiger partial charge in [0.05, 0.1) is 12.3 Å². The molecular formula is C29H28F3N5S. The fourth-order valence-corrected chi connectivity index (χ4v) is 5.65. The highest BCUT2D eigenvalue weighted by Crippen LogP contribution is 2.30. The van der Waals surface area contributed by atoms with E-state index in [4.69, 9.17) is 0 Å². The number of anilines is 1. The van der Waals surface area contributed by atoms with Crippen molar-refractivity contribution in [3.63, 3.8) is 0 Å². The smallest absolute Gasteiger partial charge is 0.278 e. The Kier molecular flexibility index (Phi) is 7.74. The highest BCUT2D eigenvalue weighted by Gasteiger charge is 2.24. The number of rotatable bonds is 8. The Morgan fingerprint density at radius 3 is 2.37 bits per heavy atom. The van der Waals surface area contributed by atoms with Crippen LogP contribution in [0, 0.1) is 5.82 Å². The molecule has 0 unspecified atom stereocenters. The van der Waals surface area contributed by atoms with Crippen LogP contribution in [-0.2, 0) is 6.54 Å². The number of alkyl halides is 2. The van der Waals surface area contributed by atoms with Crippen LogP contribution in [0.4, 0.5) is 18.9 Å². The van der Waals surface area contributed by atoms with Crippen molar-refractivity contribution >= 4 is 33.5 Å². The Morgan fingerprint density at radius 1 is 1.00 bits per heavy atom. The zero-order valence-corrected chi connectivity index (χ0v) is 21.7. The fraction of sp³-hybridized carbons (Fsp3) is 0.241. The van der Waals surface area contributed by atoms with Crippen LogP contribution in [0.5, 0.6) is 0 Å². The minimum atomic E-state index is -2.67. The lowest BCUT2D eigenvalue weighted by Gasteiger charge is -2.38. The van der Waals surface area contributed by atoms with Gasteiger partial charge in [-0.1, -0.05) is 42.8 Å². The first-order chi connectivity index (χ1) is 18.4. The molecule has 2 aromatic carbocycles. The Morgan fingerprint density at radius 2 is 1.74 bits per heavy atom. The minimum Gasteiger partial charge on any atom is -0.357 e. The van der Waals surface area contributed by atoms with E-state index in [1.807, 2.05) is 47.5 Å². The summed E-state index contributed by atoms with van der Waals surface area (Å²) in [6.45, 7) is 6.35. The maximum Gasteiger partial charge on any atom is 0.278 e. The van der Waals surface area contributed by atoms with Gasteiger partial charge in [0.2, 0.25) is 0 Å². The number of aromatic nitrogens is 1. The number of hydrogen-bond acceptors (Lipinski definition) is 5. The first kappa shape index (κ1) is 25.9. The lowest BCUT2D eigenvalue weighted by molar-refractivity contribution is 0.224. The SMILES string of the molecule is C=C(N1CCS(=C)CC1)N(Cc1ccc(C2=NN=C(C(F)F)C2)cc1F)c1ccc(-c2cccnc2)cc1. The second kappa shape index (κ2) is 11.3. The van der Waals surface area contributed by atoms with Crippen molar-refractivity contribution in [2.75, 3.05) is 29.5 Å². The summed E-state index contributed by atoms with van der Waals surface area (Å²) in [6, 6.07) is 16.7. The maximum atomic E-state index is 15.4. The van der Waals surface area contributed by atoms with Gasteiger partial charge in [-0.25, -0.2) is 13.2 Å². The summed E-state index contributed by atoms with van der Waals surface area (Å²) in [5, 5.41) is 7.38. The van der Waals surface area contributed by atoms with Crippen LogP contribution in [0.1, 0.15) is 17.5 Å². The molecule has 0 bridgehead atoms. The molecule has 2 aliphatic heterocycles. The van der Waals surface area contributed by atoms with Crippen molar-refractivity contribution < 1.29 is 13.2 Å². The molecule has 0 N–H and O–H groups in total. The Balaban J connectivity index is 1.40. The molecule has 0 radical (unpaired) electrons. The summed E-state index contributed by atoms with van der Waals surface area (Å²) in [4.78, 5) is 8.44. The van der Waals surface area contributed by atoms with Gasteiger partial charge in [0, 0.05) is 60.2 Å². The third kappa shape index (κ3) is 5.72. The van der Waals surface area contributed by atoms with Gasteiger partial charge >= 0.3 is 0 Å². The summed E-state index contributed by atoms with van der Waals surface area (Å²) in [6.07, 6.45) is 0.809.